The predicted octanol–water partition coefficient (Wildman–Crippen LogP) is -2.23. The Balaban J connectivity index is -0.0000000365. The van der Waals surface area contributed by atoms with Gasteiger partial charge in [-0.25, -0.2) is 0 Å². The summed E-state index contributed by atoms with van der Waals surface area (Å²) in [6, 6.07) is 0. The molecule has 0 atom stereocenters. The number of carbonyl (C=O) groups is 2. The summed E-state index contributed by atoms with van der Waals surface area (Å²) in [5.74, 6) is -0.750. The number of hydrogen-bond acceptors (Lipinski definition) is 14. The van der Waals surface area contributed by atoms with Crippen LogP contribution in [0.2, 0.25) is 0 Å². The third-order valence-corrected chi connectivity index (χ3v) is 2.80. The molecule has 0 saturated carbocycles. The number of likely N-dealkylation sites (N-methyl/N-ethyl adjacent to an activating group) is 4. The van der Waals surface area contributed by atoms with Crippen molar-refractivity contribution >= 4 is 11.6 Å². The van der Waals surface area contributed by atoms with Gasteiger partial charge in [-0.15, -0.1) is 11.5 Å². The Kier molecular flexibility index (Phi) is 77.5. The average molecular weight is 718 g/mol. The minimum Gasteiger partial charge on any atom is -0.876 e. The summed E-state index contributed by atoms with van der Waals surface area (Å²) in [6.45, 7) is 9.98. The molecule has 0 heterocycles. The molecule has 0 unspecified atom stereocenters. The van der Waals surface area contributed by atoms with Gasteiger partial charge in [0.1, 0.15) is 0 Å². The van der Waals surface area contributed by atoms with E-state index in [2.05, 4.69) is 76.0 Å². The molecule has 0 rings (SSSR count). The minimum absolute atomic E-state index is 0. The van der Waals surface area contributed by atoms with Crippen molar-refractivity contribution < 1.29 is 75.1 Å². The third kappa shape index (κ3) is 207. The second-order valence-corrected chi connectivity index (χ2v) is 8.39. The average Bonchev–Trinajstić information content (AvgIpc) is 2.63. The zero-order valence-corrected chi connectivity index (χ0v) is 28.2. The van der Waals surface area contributed by atoms with E-state index in [-0.39, 0.29) is 68.2 Å². The van der Waals surface area contributed by atoms with Crippen molar-refractivity contribution in [2.75, 3.05) is 82.6 Å². The third-order valence-electron chi connectivity index (χ3n) is 2.80. The van der Waals surface area contributed by atoms with E-state index in [1.54, 1.807) is 0 Å². The number of hydrogen-bond donors (Lipinski definition) is 0. The Morgan fingerprint density at radius 2 is 0.643 bits per heavy atom. The van der Waals surface area contributed by atoms with Gasteiger partial charge in [-0.3, -0.25) is 9.59 Å². The van der Waals surface area contributed by atoms with Gasteiger partial charge in [0, 0.05) is 26.2 Å². The summed E-state index contributed by atoms with van der Waals surface area (Å²) in [5.41, 5.74) is 0. The van der Waals surface area contributed by atoms with E-state index in [9.17, 15) is 19.8 Å². The summed E-state index contributed by atoms with van der Waals surface area (Å²) in [6.07, 6.45) is 2.11. The molecule has 0 aromatic heterocycles. The van der Waals surface area contributed by atoms with E-state index < -0.39 is 10.2 Å². The molecule has 0 aromatic carbocycles. The van der Waals surface area contributed by atoms with Crippen LogP contribution in [0.1, 0.15) is 27.7 Å². The Labute approximate surface area is 270 Å². The van der Waals surface area contributed by atoms with E-state index >= 15 is 0 Å². The first kappa shape index (κ1) is 67.4. The maximum atomic E-state index is 9.98. The van der Waals surface area contributed by atoms with Crippen LogP contribution in [0.15, 0.2) is 23.7 Å². The van der Waals surface area contributed by atoms with Crippen LogP contribution in [-0.4, -0.2) is 135 Å². The second-order valence-electron chi connectivity index (χ2n) is 8.39. The van der Waals surface area contributed by atoms with E-state index in [1.165, 1.54) is 27.7 Å². The fourth-order valence-corrected chi connectivity index (χ4v) is 1.37. The normalized spacial score (nSPS) is 9.24. The molecule has 4 N–H and O–H groups in total. The van der Waals surface area contributed by atoms with Crippen molar-refractivity contribution in [3.05, 3.63) is 54.3 Å². The molecule has 262 valence electrons. The van der Waals surface area contributed by atoms with Crippen molar-refractivity contribution in [2.24, 2.45) is 0 Å². The minimum atomic E-state index is -1.75. The topological polar surface area (TPSA) is 289 Å². The number of allylic oxidation sites excluding steroid dienone is 4. The molecule has 42 heavy (non-hydrogen) atoms. The molecule has 0 amide bonds. The van der Waals surface area contributed by atoms with Crippen molar-refractivity contribution in [2.45, 2.75) is 27.7 Å². The molecular formula is C22H50Cu2N6O12. The van der Waals surface area contributed by atoms with E-state index in [1.807, 2.05) is 0 Å². The van der Waals surface area contributed by atoms with Gasteiger partial charge in [0.15, 0.2) is 11.6 Å². The molecule has 0 aliphatic carbocycles. The van der Waals surface area contributed by atoms with Crippen LogP contribution in [0.3, 0.4) is 0 Å². The standard InChI is InChI=1S/2C6H16N2.2C5H8O2.2Cu.2NO3.2H2O/c2*1-7(2)5-6-8(3)4;2*1-4(6)3-5(2)7;;;2*2-1(3)4;;/h2*5-6H2,1-4H3;2*3,6H,1-2H3;;;;;2*1H2/q;;;;2*+2;2*-1;;/p-2/b;;2*4-3-;;;;;;. The smallest absolute Gasteiger partial charge is 0.876 e. The summed E-state index contributed by atoms with van der Waals surface area (Å²) in [7, 11) is 16.7. The number of ketones is 2. The van der Waals surface area contributed by atoms with Gasteiger partial charge >= 0.3 is 34.1 Å². The van der Waals surface area contributed by atoms with Crippen molar-refractivity contribution in [1.29, 1.82) is 0 Å². The Hall–Kier alpha value is -2.38. The van der Waals surface area contributed by atoms with Gasteiger partial charge in [0.2, 0.25) is 0 Å². The van der Waals surface area contributed by atoms with Crippen LogP contribution in [-0.2, 0) is 43.7 Å². The van der Waals surface area contributed by atoms with Crippen LogP contribution in [0, 0.1) is 30.6 Å². The second kappa shape index (κ2) is 48.4. The Bertz CT molecular complexity index is 594. The van der Waals surface area contributed by atoms with Crippen molar-refractivity contribution in [3.8, 4) is 0 Å². The SMILES string of the molecule is CC(=O)/C=C(/C)[O-].CC(=O)/C=C(/C)[O-].CN(C)CCN(C)C.CN(C)CCN(C)C.O.O.O=[N+]([O-])[O-].O=[N+]([O-])[O-].[Cu+2].[Cu+2]. The van der Waals surface area contributed by atoms with Gasteiger partial charge in [-0.05, 0) is 82.4 Å². The molecule has 0 aliphatic rings. The molecule has 0 aromatic rings. The zero-order valence-electron chi connectivity index (χ0n) is 26.4. The largest absolute Gasteiger partial charge is 2.00 e. The van der Waals surface area contributed by atoms with Gasteiger partial charge in [-0.1, -0.05) is 13.8 Å². The summed E-state index contributed by atoms with van der Waals surface area (Å²) >= 11 is 0. The van der Waals surface area contributed by atoms with Crippen LogP contribution in [0.25, 0.3) is 0 Å². The summed E-state index contributed by atoms with van der Waals surface area (Å²) in [5, 5.41) is 49.5. The molecule has 2 radical (unpaired) electrons. The Morgan fingerprint density at radius 1 is 0.524 bits per heavy atom. The van der Waals surface area contributed by atoms with E-state index in [0.29, 0.717) is 0 Å². The van der Waals surface area contributed by atoms with Crippen molar-refractivity contribution in [1.82, 2.24) is 19.6 Å². The molecule has 18 nitrogen and oxygen atoms in total. The maximum absolute atomic E-state index is 9.98. The van der Waals surface area contributed by atoms with Crippen molar-refractivity contribution in [3.63, 3.8) is 0 Å². The first-order valence-corrected chi connectivity index (χ1v) is 10.9. The predicted molar refractivity (Wildman–Crippen MR) is 151 cm³/mol. The first-order chi connectivity index (χ1) is 17.0. The Morgan fingerprint density at radius 3 is 0.667 bits per heavy atom. The molecule has 0 aliphatic heterocycles. The van der Waals surface area contributed by atoms with Gasteiger partial charge in [-0.2, -0.15) is 0 Å². The van der Waals surface area contributed by atoms with E-state index in [4.69, 9.17) is 30.6 Å². The molecule has 0 bridgehead atoms. The number of rotatable bonds is 8. The zero-order chi connectivity index (χ0) is 32.0. The monoisotopic (exact) mass is 716 g/mol. The maximum Gasteiger partial charge on any atom is 2.00 e. The van der Waals surface area contributed by atoms with Gasteiger partial charge in [0.05, 0.1) is 10.2 Å². The summed E-state index contributed by atoms with van der Waals surface area (Å²) < 4.78 is 0. The fourth-order valence-electron chi connectivity index (χ4n) is 1.37. The van der Waals surface area contributed by atoms with Crippen LogP contribution in [0.5, 0.6) is 0 Å². The molecular weight excluding hydrogens is 667 g/mol. The fraction of sp³-hybridized carbons (Fsp3) is 0.727. The van der Waals surface area contributed by atoms with Crippen LogP contribution in [0.4, 0.5) is 0 Å². The molecule has 0 spiro atoms. The van der Waals surface area contributed by atoms with Crippen LogP contribution >= 0.6 is 0 Å². The quantitative estimate of drug-likeness (QED) is 0.0844. The molecule has 0 fully saturated rings. The molecule has 20 heteroatoms. The summed E-state index contributed by atoms with van der Waals surface area (Å²) in [4.78, 5) is 45.2. The first-order valence-electron chi connectivity index (χ1n) is 10.9. The van der Waals surface area contributed by atoms with Crippen LogP contribution < -0.4 is 10.2 Å². The molecule has 0 saturated heterocycles. The van der Waals surface area contributed by atoms with Gasteiger partial charge in [0.25, 0.3) is 0 Å². The van der Waals surface area contributed by atoms with E-state index in [0.717, 1.165) is 38.3 Å². The number of nitrogens with zero attached hydrogens (tertiary/aromatic N) is 6. The number of carbonyl (C=O) groups excluding carboxylic acids is 2. The van der Waals surface area contributed by atoms with Gasteiger partial charge < -0.3 is 71.4 Å².